The first kappa shape index (κ1) is 18.6. The van der Waals surface area contributed by atoms with E-state index in [4.69, 9.17) is 16.3 Å². The van der Waals surface area contributed by atoms with Crippen molar-refractivity contribution in [2.24, 2.45) is 0 Å². The molecule has 0 bridgehead atoms. The maximum atomic E-state index is 5.94. The van der Waals surface area contributed by atoms with Gasteiger partial charge in [-0.2, -0.15) is 0 Å². The highest BCUT2D eigenvalue weighted by atomic mass is 35.5. The third-order valence-corrected chi connectivity index (χ3v) is 5.36. The molecular formula is C22H18ClN3OS. The SMILES string of the molecule is Clc1ccc(OCc2nnc(SCc3ccccc3)n2-c2ccccc2)cc1. The van der Waals surface area contributed by atoms with Crippen LogP contribution in [0.25, 0.3) is 5.69 Å². The molecule has 1 aromatic heterocycles. The summed E-state index contributed by atoms with van der Waals surface area (Å²) in [5, 5.41) is 10.3. The van der Waals surface area contributed by atoms with Gasteiger partial charge >= 0.3 is 0 Å². The fraction of sp³-hybridized carbons (Fsp3) is 0.0909. The van der Waals surface area contributed by atoms with E-state index in [2.05, 4.69) is 22.3 Å². The van der Waals surface area contributed by atoms with Crippen LogP contribution >= 0.6 is 23.4 Å². The number of hydrogen-bond acceptors (Lipinski definition) is 4. The number of hydrogen-bond donors (Lipinski definition) is 0. The Bertz CT molecular complexity index is 1020. The molecule has 4 nitrogen and oxygen atoms in total. The first-order valence-electron chi connectivity index (χ1n) is 8.84. The van der Waals surface area contributed by atoms with E-state index in [0.29, 0.717) is 11.6 Å². The summed E-state index contributed by atoms with van der Waals surface area (Å²) >= 11 is 7.59. The molecule has 0 fully saturated rings. The van der Waals surface area contributed by atoms with Crippen LogP contribution in [0.5, 0.6) is 5.75 Å². The summed E-state index contributed by atoms with van der Waals surface area (Å²) < 4.78 is 7.94. The monoisotopic (exact) mass is 407 g/mol. The average molecular weight is 408 g/mol. The van der Waals surface area contributed by atoms with Gasteiger partial charge in [-0.25, -0.2) is 0 Å². The molecule has 0 aliphatic rings. The summed E-state index contributed by atoms with van der Waals surface area (Å²) in [6.07, 6.45) is 0. The number of benzene rings is 3. The zero-order valence-corrected chi connectivity index (χ0v) is 16.6. The molecule has 3 aromatic carbocycles. The van der Waals surface area contributed by atoms with Gasteiger partial charge in [0.1, 0.15) is 12.4 Å². The quantitative estimate of drug-likeness (QED) is 0.363. The Kier molecular flexibility index (Phi) is 5.95. The van der Waals surface area contributed by atoms with E-state index in [9.17, 15) is 0 Å². The lowest BCUT2D eigenvalue weighted by atomic mass is 10.2. The van der Waals surface area contributed by atoms with Gasteiger partial charge in [-0.3, -0.25) is 4.57 Å². The zero-order chi connectivity index (χ0) is 19.2. The van der Waals surface area contributed by atoms with Crippen molar-refractivity contribution in [1.82, 2.24) is 14.8 Å². The zero-order valence-electron chi connectivity index (χ0n) is 15.0. The van der Waals surface area contributed by atoms with Crippen molar-refractivity contribution < 1.29 is 4.74 Å². The average Bonchev–Trinajstić information content (AvgIpc) is 3.16. The second-order valence-corrected chi connectivity index (χ2v) is 7.47. The standard InChI is InChI=1S/C22H18ClN3OS/c23-18-11-13-20(14-12-18)27-15-21-24-25-22(26(21)19-9-5-2-6-10-19)28-16-17-7-3-1-4-8-17/h1-14H,15-16H2. The molecule has 0 aliphatic heterocycles. The molecule has 0 radical (unpaired) electrons. The van der Waals surface area contributed by atoms with E-state index in [1.807, 2.05) is 65.2 Å². The Hall–Kier alpha value is -2.76. The molecule has 0 saturated carbocycles. The second kappa shape index (κ2) is 8.95. The molecule has 4 rings (SSSR count). The van der Waals surface area contributed by atoms with Crippen molar-refractivity contribution >= 4 is 23.4 Å². The van der Waals surface area contributed by atoms with Crippen LogP contribution in [0.1, 0.15) is 11.4 Å². The summed E-state index contributed by atoms with van der Waals surface area (Å²) in [5.74, 6) is 2.31. The van der Waals surface area contributed by atoms with Gasteiger partial charge in [-0.15, -0.1) is 10.2 Å². The highest BCUT2D eigenvalue weighted by Crippen LogP contribution is 2.26. The molecule has 0 aliphatic carbocycles. The van der Waals surface area contributed by atoms with Gasteiger partial charge in [0, 0.05) is 16.5 Å². The first-order chi connectivity index (χ1) is 13.8. The first-order valence-corrected chi connectivity index (χ1v) is 10.2. The molecule has 1 heterocycles. The van der Waals surface area contributed by atoms with Crippen LogP contribution in [0.4, 0.5) is 0 Å². The number of aromatic nitrogens is 3. The third kappa shape index (κ3) is 4.55. The van der Waals surface area contributed by atoms with E-state index < -0.39 is 0 Å². The third-order valence-electron chi connectivity index (χ3n) is 4.11. The molecular weight excluding hydrogens is 390 g/mol. The number of ether oxygens (including phenoxy) is 1. The molecule has 140 valence electrons. The Morgan fingerprint density at radius 1 is 0.821 bits per heavy atom. The van der Waals surface area contributed by atoms with Crippen LogP contribution in [0, 0.1) is 0 Å². The minimum atomic E-state index is 0.315. The number of nitrogens with zero attached hydrogens (tertiary/aromatic N) is 3. The highest BCUT2D eigenvalue weighted by molar-refractivity contribution is 7.98. The summed E-state index contributed by atoms with van der Waals surface area (Å²) in [4.78, 5) is 0. The molecule has 0 amide bonds. The van der Waals surface area contributed by atoms with Gasteiger partial charge in [-0.1, -0.05) is 71.9 Å². The van der Waals surface area contributed by atoms with E-state index in [1.165, 1.54) is 5.56 Å². The Morgan fingerprint density at radius 3 is 2.21 bits per heavy atom. The Labute approximate surface area is 173 Å². The molecule has 4 aromatic rings. The molecule has 0 atom stereocenters. The van der Waals surface area contributed by atoms with Crippen molar-refractivity contribution in [3.8, 4) is 11.4 Å². The van der Waals surface area contributed by atoms with Crippen LogP contribution < -0.4 is 4.74 Å². The lowest BCUT2D eigenvalue weighted by Crippen LogP contribution is -2.06. The van der Waals surface area contributed by atoms with Crippen molar-refractivity contribution in [2.45, 2.75) is 17.5 Å². The number of thioether (sulfide) groups is 1. The molecule has 0 N–H and O–H groups in total. The predicted octanol–water partition coefficient (Wildman–Crippen LogP) is 5.79. The minimum Gasteiger partial charge on any atom is -0.486 e. The maximum absolute atomic E-state index is 5.94. The van der Waals surface area contributed by atoms with Gasteiger partial charge in [0.05, 0.1) is 0 Å². The lowest BCUT2D eigenvalue weighted by molar-refractivity contribution is 0.293. The predicted molar refractivity (Wildman–Crippen MR) is 113 cm³/mol. The largest absolute Gasteiger partial charge is 0.486 e. The van der Waals surface area contributed by atoms with Crippen molar-refractivity contribution in [3.05, 3.63) is 101 Å². The van der Waals surface area contributed by atoms with E-state index in [0.717, 1.165) is 28.2 Å². The topological polar surface area (TPSA) is 39.9 Å². The number of halogens is 1. The molecule has 0 saturated heterocycles. The number of rotatable bonds is 7. The number of para-hydroxylation sites is 1. The summed E-state index contributed by atoms with van der Waals surface area (Å²) in [7, 11) is 0. The molecule has 0 unspecified atom stereocenters. The van der Waals surface area contributed by atoms with E-state index >= 15 is 0 Å². The van der Waals surface area contributed by atoms with Gasteiger partial charge in [-0.05, 0) is 42.0 Å². The highest BCUT2D eigenvalue weighted by Gasteiger charge is 2.15. The van der Waals surface area contributed by atoms with Crippen LogP contribution in [-0.2, 0) is 12.4 Å². The Balaban J connectivity index is 1.57. The molecule has 0 spiro atoms. The summed E-state index contributed by atoms with van der Waals surface area (Å²) in [6.45, 7) is 0.315. The van der Waals surface area contributed by atoms with Crippen LogP contribution in [-0.4, -0.2) is 14.8 Å². The maximum Gasteiger partial charge on any atom is 0.196 e. The fourth-order valence-electron chi connectivity index (χ4n) is 2.72. The fourth-order valence-corrected chi connectivity index (χ4v) is 3.78. The molecule has 6 heteroatoms. The van der Waals surface area contributed by atoms with E-state index in [1.54, 1.807) is 23.9 Å². The summed E-state index contributed by atoms with van der Waals surface area (Å²) in [6, 6.07) is 27.7. The van der Waals surface area contributed by atoms with Crippen molar-refractivity contribution in [3.63, 3.8) is 0 Å². The normalized spacial score (nSPS) is 10.8. The van der Waals surface area contributed by atoms with Crippen LogP contribution in [0.2, 0.25) is 5.02 Å². The second-order valence-electron chi connectivity index (χ2n) is 6.09. The van der Waals surface area contributed by atoms with Crippen molar-refractivity contribution in [1.29, 1.82) is 0 Å². The minimum absolute atomic E-state index is 0.315. The van der Waals surface area contributed by atoms with Gasteiger partial charge in [0.15, 0.2) is 11.0 Å². The Morgan fingerprint density at radius 2 is 1.50 bits per heavy atom. The summed E-state index contributed by atoms with van der Waals surface area (Å²) in [5.41, 5.74) is 2.26. The van der Waals surface area contributed by atoms with Gasteiger partial charge in [0.2, 0.25) is 0 Å². The van der Waals surface area contributed by atoms with Gasteiger partial charge in [0.25, 0.3) is 0 Å². The van der Waals surface area contributed by atoms with Gasteiger partial charge < -0.3 is 4.74 Å². The smallest absolute Gasteiger partial charge is 0.196 e. The van der Waals surface area contributed by atoms with Crippen LogP contribution in [0.3, 0.4) is 0 Å². The van der Waals surface area contributed by atoms with Crippen molar-refractivity contribution in [2.75, 3.05) is 0 Å². The van der Waals surface area contributed by atoms with E-state index in [-0.39, 0.29) is 0 Å². The lowest BCUT2D eigenvalue weighted by Gasteiger charge is -2.11. The molecule has 28 heavy (non-hydrogen) atoms. The van der Waals surface area contributed by atoms with Crippen LogP contribution in [0.15, 0.2) is 90.1 Å².